The molecule has 30 nitrogen and oxygen atoms in total. The van der Waals surface area contributed by atoms with Crippen LogP contribution in [0.3, 0.4) is 0 Å². The predicted octanol–water partition coefficient (Wildman–Crippen LogP) is 1.31. The third-order valence-corrected chi connectivity index (χ3v) is 10.0. The molecule has 0 aliphatic rings. The second-order valence-electron chi connectivity index (χ2n) is 15.8. The first kappa shape index (κ1) is 64.0. The van der Waals surface area contributed by atoms with Gasteiger partial charge in [0, 0.05) is 51.0 Å². The number of non-ortho nitro benzene ring substituents is 1. The fourth-order valence-electron chi connectivity index (χ4n) is 6.17. The number of aromatic nitrogens is 1. The Kier molecular flexibility index (Phi) is 33.6. The zero-order valence-corrected chi connectivity index (χ0v) is 41.4. The third-order valence-electron chi connectivity index (χ3n) is 10.0. The number of carboxylic acid groups (broad SMARTS) is 3. The Morgan fingerprint density at radius 3 is 1.63 bits per heavy atom. The monoisotopic (exact) mass is 1070 g/mol. The normalized spacial score (nSPS) is 11.7. The summed E-state index contributed by atoms with van der Waals surface area (Å²) in [5, 5.41) is 61.6. The number of benzene rings is 1. The van der Waals surface area contributed by atoms with Gasteiger partial charge in [-0.3, -0.25) is 39.2 Å². The number of rotatable bonds is 45. The van der Waals surface area contributed by atoms with Crippen molar-refractivity contribution in [3.63, 3.8) is 0 Å². The summed E-state index contributed by atoms with van der Waals surface area (Å²) >= 11 is 0. The van der Waals surface area contributed by atoms with Gasteiger partial charge in [0.25, 0.3) is 11.4 Å². The van der Waals surface area contributed by atoms with Crippen molar-refractivity contribution in [3.8, 4) is 0 Å². The Labute approximate surface area is 430 Å². The zero-order chi connectivity index (χ0) is 55.1. The molecule has 1 aromatic heterocycles. The summed E-state index contributed by atoms with van der Waals surface area (Å²) in [4.78, 5) is 103. The number of nitro groups is 2. The molecule has 0 saturated heterocycles. The van der Waals surface area contributed by atoms with Crippen LogP contribution in [0.5, 0.6) is 0 Å². The molecule has 0 aliphatic carbocycles. The summed E-state index contributed by atoms with van der Waals surface area (Å²) in [5.74, 6) is -4.69. The Balaban J connectivity index is 1.31. The van der Waals surface area contributed by atoms with E-state index in [0.717, 1.165) is 23.8 Å². The SMILES string of the molecule is O=C(O)CC[C@H](NC(=O)N[C@@H](CCCCNC(=O)CCCOCCOCCOCCOCCOCCOCCOCCOC(=O)n1ccc(CCNC(=O)CNc2ccc([N+](=O)[O-])cc2[N+](=O)[O-])c1)C(=O)O)C(=O)O. The molecular weight excluding hydrogens is 1000 g/mol. The number of anilines is 1. The van der Waals surface area contributed by atoms with Gasteiger partial charge in [-0.15, -0.1) is 0 Å². The molecule has 1 aromatic carbocycles. The standard InChI is InChI=1S/C45H68N8O22/c54-39(46-12-2-1-4-36(42(58)59)49-44(62)50-37(43(60)61)8-9-41(56)57)5-3-15-68-16-17-69-18-19-70-20-21-71-22-23-72-24-25-73-26-27-74-28-29-75-45(63)51-14-11-33(32-51)10-13-47-40(55)31-48-35-7-6-34(52(64)65)30-38(35)53(66)67/h6-7,11,14,30,32,36-37,48H,1-5,8-10,12-13,15-29,31H2,(H,46,54)(H,47,55)(H,56,57)(H,58,59)(H,60,61)(H2,49,50,62)/t36-,37-/m0/s1. The van der Waals surface area contributed by atoms with Gasteiger partial charge in [-0.1, -0.05) is 0 Å². The number of nitrogens with zero attached hydrogens (tertiary/aromatic N) is 3. The molecule has 0 spiro atoms. The summed E-state index contributed by atoms with van der Waals surface area (Å²) in [6.07, 6.45) is 3.48. The molecule has 420 valence electrons. The van der Waals surface area contributed by atoms with Crippen molar-refractivity contribution < 1.29 is 96.6 Å². The van der Waals surface area contributed by atoms with E-state index in [1.807, 2.05) is 0 Å². The van der Waals surface area contributed by atoms with Crippen LogP contribution in [0.4, 0.5) is 26.7 Å². The summed E-state index contributed by atoms with van der Waals surface area (Å²) in [6, 6.07) is 0.892. The highest BCUT2D eigenvalue weighted by Gasteiger charge is 2.25. The Morgan fingerprint density at radius 2 is 1.11 bits per heavy atom. The minimum absolute atomic E-state index is 0.0154. The number of urea groups is 1. The fraction of sp³-hybridized carbons (Fsp3) is 0.622. The lowest BCUT2D eigenvalue weighted by atomic mass is 10.1. The highest BCUT2D eigenvalue weighted by atomic mass is 16.6. The molecule has 0 saturated carbocycles. The highest BCUT2D eigenvalue weighted by molar-refractivity contribution is 5.86. The van der Waals surface area contributed by atoms with Gasteiger partial charge in [0.2, 0.25) is 11.8 Å². The van der Waals surface area contributed by atoms with Crippen LogP contribution in [0.25, 0.3) is 0 Å². The zero-order valence-electron chi connectivity index (χ0n) is 41.4. The van der Waals surface area contributed by atoms with E-state index >= 15 is 0 Å². The van der Waals surface area contributed by atoms with Crippen LogP contribution in [0.1, 0.15) is 50.5 Å². The molecule has 0 unspecified atom stereocenters. The molecule has 30 heteroatoms. The summed E-state index contributed by atoms with van der Waals surface area (Å²) in [6.45, 7) is 4.99. The number of nitrogens with one attached hydrogen (secondary N) is 5. The maximum atomic E-state index is 12.3. The molecule has 0 aliphatic heterocycles. The topological polar surface area (TPSA) is 405 Å². The first-order valence-electron chi connectivity index (χ1n) is 23.9. The summed E-state index contributed by atoms with van der Waals surface area (Å²) < 4.78 is 44.6. The van der Waals surface area contributed by atoms with E-state index in [2.05, 4.69) is 26.6 Å². The van der Waals surface area contributed by atoms with Gasteiger partial charge in [0.05, 0.1) is 108 Å². The van der Waals surface area contributed by atoms with E-state index < -0.39 is 75.7 Å². The maximum absolute atomic E-state index is 12.3. The largest absolute Gasteiger partial charge is 0.481 e. The van der Waals surface area contributed by atoms with E-state index in [1.54, 1.807) is 12.3 Å². The molecule has 0 fully saturated rings. The molecule has 0 radical (unpaired) electrons. The molecule has 4 amide bonds. The van der Waals surface area contributed by atoms with E-state index in [0.29, 0.717) is 105 Å². The quantitative estimate of drug-likeness (QED) is 0.0263. The number of hydrogen-bond acceptors (Lipinski definition) is 20. The maximum Gasteiger partial charge on any atom is 0.418 e. The molecule has 0 bridgehead atoms. The number of carbonyl (C=O) groups excluding carboxylic acids is 4. The number of carboxylic acids is 3. The number of nitro benzene ring substituents is 2. The van der Waals surface area contributed by atoms with Gasteiger partial charge in [-0.25, -0.2) is 19.2 Å². The molecule has 2 aromatic rings. The smallest absolute Gasteiger partial charge is 0.418 e. The van der Waals surface area contributed by atoms with Crippen LogP contribution in [-0.4, -0.2) is 202 Å². The van der Waals surface area contributed by atoms with Crippen molar-refractivity contribution in [3.05, 3.63) is 62.5 Å². The highest BCUT2D eigenvalue weighted by Crippen LogP contribution is 2.28. The van der Waals surface area contributed by atoms with Crippen LogP contribution in [-0.2, 0) is 68.3 Å². The summed E-state index contributed by atoms with van der Waals surface area (Å²) in [7, 11) is 0. The van der Waals surface area contributed by atoms with Crippen LogP contribution >= 0.6 is 0 Å². The number of unbranched alkanes of at least 4 members (excludes halogenated alkanes) is 1. The van der Waals surface area contributed by atoms with Crippen LogP contribution in [0, 0.1) is 20.2 Å². The summed E-state index contributed by atoms with van der Waals surface area (Å²) in [5.41, 5.74) is -0.275. The van der Waals surface area contributed by atoms with Gasteiger partial charge in [0.1, 0.15) is 24.4 Å². The second kappa shape index (κ2) is 39.4. The lowest BCUT2D eigenvalue weighted by Gasteiger charge is -2.18. The predicted molar refractivity (Wildman–Crippen MR) is 259 cm³/mol. The van der Waals surface area contributed by atoms with Crippen LogP contribution < -0.4 is 26.6 Å². The minimum Gasteiger partial charge on any atom is -0.481 e. The second-order valence-corrected chi connectivity index (χ2v) is 15.8. The lowest BCUT2D eigenvalue weighted by molar-refractivity contribution is -0.393. The number of hydrogen-bond donors (Lipinski definition) is 8. The number of aliphatic carboxylic acids is 3. The van der Waals surface area contributed by atoms with E-state index in [4.69, 9.17) is 48.1 Å². The van der Waals surface area contributed by atoms with Gasteiger partial charge in [0.15, 0.2) is 0 Å². The van der Waals surface area contributed by atoms with Gasteiger partial charge in [-0.05, 0) is 56.2 Å². The van der Waals surface area contributed by atoms with Crippen molar-refractivity contribution in [2.24, 2.45) is 0 Å². The lowest BCUT2D eigenvalue weighted by Crippen LogP contribution is -2.51. The van der Waals surface area contributed by atoms with Gasteiger partial charge < -0.3 is 79.8 Å². The molecule has 2 rings (SSSR count). The van der Waals surface area contributed by atoms with Gasteiger partial charge in [-0.2, -0.15) is 0 Å². The number of ether oxygens (including phenoxy) is 8. The van der Waals surface area contributed by atoms with Crippen molar-refractivity contribution >= 4 is 58.9 Å². The van der Waals surface area contributed by atoms with Crippen molar-refractivity contribution in [1.29, 1.82) is 0 Å². The van der Waals surface area contributed by atoms with Crippen molar-refractivity contribution in [1.82, 2.24) is 25.8 Å². The molecule has 1 heterocycles. The van der Waals surface area contributed by atoms with Crippen molar-refractivity contribution in [2.75, 3.05) is 124 Å². The minimum atomic E-state index is -1.50. The molecular formula is C45H68N8O22. The molecule has 75 heavy (non-hydrogen) atoms. The fourth-order valence-corrected chi connectivity index (χ4v) is 6.17. The van der Waals surface area contributed by atoms with Crippen LogP contribution in [0.2, 0.25) is 0 Å². The Hall–Kier alpha value is -7.09. The van der Waals surface area contributed by atoms with E-state index in [9.17, 15) is 58.9 Å². The average Bonchev–Trinajstić information content (AvgIpc) is 3.85. The third kappa shape index (κ3) is 31.3. The average molecular weight is 1070 g/mol. The van der Waals surface area contributed by atoms with E-state index in [1.165, 1.54) is 10.8 Å². The first-order valence-corrected chi connectivity index (χ1v) is 23.9. The van der Waals surface area contributed by atoms with E-state index in [-0.39, 0.29) is 70.3 Å². The Morgan fingerprint density at radius 1 is 0.587 bits per heavy atom. The van der Waals surface area contributed by atoms with Gasteiger partial charge >= 0.3 is 30.0 Å². The Bertz CT molecular complexity index is 2080. The molecule has 2 atom stereocenters. The number of amides is 4. The first-order chi connectivity index (χ1) is 36.1. The number of carbonyl (C=O) groups is 7. The van der Waals surface area contributed by atoms with Crippen LogP contribution in [0.15, 0.2) is 36.7 Å². The molecule has 8 N–H and O–H groups in total. The van der Waals surface area contributed by atoms with Crippen molar-refractivity contribution in [2.45, 2.75) is 63.5 Å².